The monoisotopic (exact) mass is 539 g/mol. The molecule has 1 unspecified atom stereocenters. The van der Waals surface area contributed by atoms with Gasteiger partial charge in [0.05, 0.1) is 23.9 Å². The van der Waals surface area contributed by atoms with Crippen molar-refractivity contribution in [1.29, 1.82) is 0 Å². The number of benzene rings is 1. The van der Waals surface area contributed by atoms with E-state index < -0.39 is 23.1 Å². The molecule has 0 saturated carbocycles. The van der Waals surface area contributed by atoms with Gasteiger partial charge in [0.1, 0.15) is 11.3 Å². The molecule has 0 aliphatic carbocycles. The van der Waals surface area contributed by atoms with Crippen LogP contribution in [0.3, 0.4) is 0 Å². The zero-order valence-electron chi connectivity index (χ0n) is 21.5. The number of sulfonamides is 1. The molecular formula is C23H34N5O6PS. The second-order valence-electron chi connectivity index (χ2n) is 9.88. The van der Waals surface area contributed by atoms with Crippen LogP contribution in [0.25, 0.3) is 0 Å². The average Bonchev–Trinajstić information content (AvgIpc) is 2.74. The van der Waals surface area contributed by atoms with Crippen molar-refractivity contribution in [3.05, 3.63) is 39.8 Å². The molecule has 0 bridgehead atoms. The van der Waals surface area contributed by atoms with Gasteiger partial charge < -0.3 is 14.9 Å². The van der Waals surface area contributed by atoms with Gasteiger partial charge in [0.2, 0.25) is 10.0 Å². The first kappa shape index (κ1) is 27.9. The zero-order valence-corrected chi connectivity index (χ0v) is 23.2. The number of amidine groups is 1. The second-order valence-corrected chi connectivity index (χ2v) is 13.6. The van der Waals surface area contributed by atoms with Crippen molar-refractivity contribution >= 4 is 40.1 Å². The lowest BCUT2D eigenvalue weighted by Crippen LogP contribution is -2.35. The van der Waals surface area contributed by atoms with Gasteiger partial charge in [-0.1, -0.05) is 34.1 Å². The van der Waals surface area contributed by atoms with Gasteiger partial charge in [-0.3, -0.25) is 14.1 Å². The van der Waals surface area contributed by atoms with Crippen molar-refractivity contribution in [3.63, 3.8) is 0 Å². The zero-order chi connectivity index (χ0) is 26.9. The van der Waals surface area contributed by atoms with Crippen molar-refractivity contribution in [2.45, 2.75) is 60.4 Å². The lowest BCUT2D eigenvalue weighted by Gasteiger charge is -2.26. The van der Waals surface area contributed by atoms with Crippen LogP contribution in [0, 0.1) is 5.41 Å². The number of nitrogens with zero attached hydrogens (tertiary/aromatic N) is 3. The van der Waals surface area contributed by atoms with Gasteiger partial charge in [0.15, 0.2) is 11.6 Å². The fraction of sp³-hybridized carbons (Fsp3) is 0.522. The Morgan fingerprint density at radius 1 is 1.25 bits per heavy atom. The number of fused-ring (bicyclic) bond motifs is 1. The number of rotatable bonds is 9. The normalized spacial score (nSPS) is 17.8. The van der Waals surface area contributed by atoms with E-state index in [0.29, 0.717) is 37.2 Å². The second kappa shape index (κ2) is 10.4. The maximum Gasteiger partial charge on any atom is 0.348 e. The minimum atomic E-state index is -3.93. The first-order chi connectivity index (χ1) is 16.7. The highest BCUT2D eigenvalue weighted by Crippen LogP contribution is 2.52. The van der Waals surface area contributed by atoms with E-state index in [2.05, 4.69) is 40.7 Å². The predicted molar refractivity (Wildman–Crippen MR) is 142 cm³/mol. The van der Waals surface area contributed by atoms with Crippen LogP contribution < -0.4 is 20.9 Å². The maximum atomic E-state index is 13.9. The lowest BCUT2D eigenvalue weighted by molar-refractivity contribution is 0.332. The van der Waals surface area contributed by atoms with E-state index in [1.165, 1.54) is 22.9 Å². The number of hydrogen-bond acceptors (Lipinski definition) is 8. The van der Waals surface area contributed by atoms with E-state index in [1.54, 1.807) is 6.92 Å². The summed E-state index contributed by atoms with van der Waals surface area (Å²) in [4.78, 5) is 13.5. The van der Waals surface area contributed by atoms with Crippen molar-refractivity contribution in [1.82, 2.24) is 9.78 Å². The molecule has 1 aromatic carbocycles. The molecular weight excluding hydrogens is 505 g/mol. The Hall–Kier alpha value is -2.69. The number of aromatic hydroxyl groups is 1. The predicted octanol–water partition coefficient (Wildman–Crippen LogP) is 3.44. The minimum absolute atomic E-state index is 0.0496. The van der Waals surface area contributed by atoms with Gasteiger partial charge in [-0.05, 0) is 43.4 Å². The number of aryl methyl sites for hydroxylation is 2. The fourth-order valence-electron chi connectivity index (χ4n) is 3.70. The summed E-state index contributed by atoms with van der Waals surface area (Å²) in [7, 11) is -7.50. The van der Waals surface area contributed by atoms with E-state index in [9.17, 15) is 22.9 Å². The van der Waals surface area contributed by atoms with E-state index in [0.717, 1.165) is 6.26 Å². The number of hydrogen-bond donors (Lipinski definition) is 3. The Bertz CT molecular complexity index is 1390. The van der Waals surface area contributed by atoms with Crippen LogP contribution in [-0.2, 0) is 32.1 Å². The molecule has 0 spiro atoms. The summed E-state index contributed by atoms with van der Waals surface area (Å²) in [6.07, 6.45) is 2.80. The average molecular weight is 540 g/mol. The summed E-state index contributed by atoms with van der Waals surface area (Å²) < 4.78 is 50.8. The molecule has 1 aromatic heterocycles. The van der Waals surface area contributed by atoms with Crippen LogP contribution in [0.4, 0.5) is 11.4 Å². The molecule has 36 heavy (non-hydrogen) atoms. The quantitative estimate of drug-likeness (QED) is 0.410. The molecule has 0 fully saturated rings. The maximum absolute atomic E-state index is 13.9. The first-order valence-corrected chi connectivity index (χ1v) is 15.2. The molecule has 13 heteroatoms. The summed E-state index contributed by atoms with van der Waals surface area (Å²) in [5.41, 5.74) is 0.112. The third-order valence-electron chi connectivity index (χ3n) is 5.39. The van der Waals surface area contributed by atoms with Gasteiger partial charge in [0, 0.05) is 12.2 Å². The van der Waals surface area contributed by atoms with Gasteiger partial charge in [-0.15, -0.1) is 0 Å². The van der Waals surface area contributed by atoms with Gasteiger partial charge >= 0.3 is 7.52 Å². The van der Waals surface area contributed by atoms with Crippen molar-refractivity contribution in [3.8, 4) is 5.75 Å². The molecule has 2 heterocycles. The smallest absolute Gasteiger partial charge is 0.348 e. The SMILES string of the molecule is CCCc1nn(CCC(C)(C)C)c(=O)c(C2=NP(=O)(OCC)c3cc(NS(C)(=O)=O)ccc3N2)c1O. The number of nitrogens with one attached hydrogen (secondary N) is 2. The Morgan fingerprint density at radius 2 is 1.94 bits per heavy atom. The highest BCUT2D eigenvalue weighted by Gasteiger charge is 2.36. The van der Waals surface area contributed by atoms with Crippen LogP contribution in [0.2, 0.25) is 0 Å². The fourth-order valence-corrected chi connectivity index (χ4v) is 6.06. The Morgan fingerprint density at radius 3 is 2.53 bits per heavy atom. The van der Waals surface area contributed by atoms with Crippen molar-refractivity contribution < 1.29 is 22.6 Å². The van der Waals surface area contributed by atoms with E-state index in [1.807, 2.05) is 6.92 Å². The van der Waals surface area contributed by atoms with Crippen molar-refractivity contribution in [2.75, 3.05) is 22.9 Å². The van der Waals surface area contributed by atoms with Crippen LogP contribution in [0.15, 0.2) is 27.8 Å². The lowest BCUT2D eigenvalue weighted by atomic mass is 9.92. The van der Waals surface area contributed by atoms with Gasteiger partial charge in [-0.25, -0.2) is 13.1 Å². The number of anilines is 2. The van der Waals surface area contributed by atoms with Crippen molar-refractivity contribution in [2.24, 2.45) is 10.2 Å². The summed E-state index contributed by atoms with van der Waals surface area (Å²) in [5, 5.41) is 18.5. The Labute approximate surface area is 211 Å². The topological polar surface area (TPSA) is 152 Å². The Balaban J connectivity index is 2.19. The molecule has 1 atom stereocenters. The molecule has 0 amide bonds. The molecule has 0 radical (unpaired) electrons. The molecule has 11 nitrogen and oxygen atoms in total. The van der Waals surface area contributed by atoms with E-state index in [-0.39, 0.29) is 40.2 Å². The first-order valence-electron chi connectivity index (χ1n) is 11.7. The Kier molecular flexibility index (Phi) is 8.02. The third-order valence-corrected chi connectivity index (χ3v) is 8.05. The molecule has 3 rings (SSSR count). The summed E-state index contributed by atoms with van der Waals surface area (Å²) >= 11 is 0. The number of aromatic nitrogens is 2. The van der Waals surface area contributed by atoms with Crippen LogP contribution in [0.1, 0.15) is 58.7 Å². The molecule has 2 aromatic rings. The highest BCUT2D eigenvalue weighted by molar-refractivity contribution is 7.92. The van der Waals surface area contributed by atoms with Gasteiger partial charge in [-0.2, -0.15) is 9.86 Å². The third kappa shape index (κ3) is 6.35. The van der Waals surface area contributed by atoms with Gasteiger partial charge in [0.25, 0.3) is 5.56 Å². The van der Waals surface area contributed by atoms with Crippen LogP contribution >= 0.6 is 7.52 Å². The summed E-state index contributed by atoms with van der Waals surface area (Å²) in [5.74, 6) is -0.406. The molecule has 0 saturated heterocycles. The van der Waals surface area contributed by atoms with Crippen LogP contribution in [-0.4, -0.2) is 42.0 Å². The standard InChI is InChI=1S/C23H34N5O6PS/c1-7-9-17-20(29)19(22(30)28(25-17)13-12-23(3,4)5)21-24-16-11-10-15(27-36(6,32)33)14-18(16)35(31,26-21)34-8-2/h10-11,14,27,29H,7-9,12-13H2,1-6H3,(H,24,26,31). The van der Waals surface area contributed by atoms with E-state index >= 15 is 0 Å². The molecule has 1 aliphatic heterocycles. The summed E-state index contributed by atoms with van der Waals surface area (Å²) in [6.45, 7) is 10.1. The highest BCUT2D eigenvalue weighted by atomic mass is 32.2. The largest absolute Gasteiger partial charge is 0.505 e. The molecule has 198 valence electrons. The molecule has 1 aliphatic rings. The minimum Gasteiger partial charge on any atom is -0.505 e. The summed E-state index contributed by atoms with van der Waals surface area (Å²) in [6, 6.07) is 4.39. The van der Waals surface area contributed by atoms with E-state index in [4.69, 9.17) is 4.52 Å². The van der Waals surface area contributed by atoms with Crippen LogP contribution in [0.5, 0.6) is 5.75 Å². The molecule has 3 N–H and O–H groups in total.